The third-order valence-electron chi connectivity index (χ3n) is 6.05. The molecule has 0 unspecified atom stereocenters. The smallest absolute Gasteiger partial charge is 0.353 e. The molecule has 0 bridgehead atoms. The third kappa shape index (κ3) is 2.99. The molecule has 0 amide bonds. The summed E-state index contributed by atoms with van der Waals surface area (Å²) in [5.74, 6) is -1.53. The maximum Gasteiger partial charge on any atom is 0.353 e. The number of carbonyl (C=O) groups excluding carboxylic acids is 1. The van der Waals surface area contributed by atoms with E-state index in [1.165, 1.54) is 23.0 Å². The number of halogens is 2. The largest absolute Gasteiger partial charge is 0.477 e. The Kier molecular flexibility index (Phi) is 4.60. The van der Waals surface area contributed by atoms with Gasteiger partial charge in [0, 0.05) is 22.9 Å². The van der Waals surface area contributed by atoms with Crippen LogP contribution in [0.2, 0.25) is 0 Å². The van der Waals surface area contributed by atoms with Gasteiger partial charge in [-0.1, -0.05) is 30.4 Å². The van der Waals surface area contributed by atoms with Crippen molar-refractivity contribution in [3.8, 4) is 0 Å². The summed E-state index contributed by atoms with van der Waals surface area (Å²) >= 11 is 3.46. The number of hydrogen-bond donors (Lipinski definition) is 1. The first kappa shape index (κ1) is 20.7. The monoisotopic (exact) mass is 519 g/mol. The first-order chi connectivity index (χ1) is 16.4. The van der Waals surface area contributed by atoms with Crippen molar-refractivity contribution >= 4 is 66.1 Å². The Labute approximate surface area is 199 Å². The molecule has 0 radical (unpaired) electrons. The molecule has 0 saturated heterocycles. The van der Waals surface area contributed by atoms with E-state index >= 15 is 4.39 Å². The van der Waals surface area contributed by atoms with E-state index in [1.54, 1.807) is 18.2 Å². The predicted molar refractivity (Wildman–Crippen MR) is 128 cm³/mol. The van der Waals surface area contributed by atoms with Gasteiger partial charge in [0.15, 0.2) is 5.78 Å². The van der Waals surface area contributed by atoms with Crippen molar-refractivity contribution < 1.29 is 27.9 Å². The molecule has 0 aliphatic heterocycles. The molecule has 0 atom stereocenters. The lowest BCUT2D eigenvalue weighted by Gasteiger charge is -2.10. The number of carboxylic acids is 1. The Bertz CT molecular complexity index is 1730. The van der Waals surface area contributed by atoms with E-state index in [9.17, 15) is 14.7 Å². The van der Waals surface area contributed by atoms with Crippen LogP contribution in [0.1, 0.15) is 28.2 Å². The summed E-state index contributed by atoms with van der Waals surface area (Å²) in [5, 5.41) is 11.7. The average molecular weight is 520 g/mol. The second kappa shape index (κ2) is 7.56. The van der Waals surface area contributed by atoms with Gasteiger partial charge in [-0.2, -0.15) is 0 Å². The van der Waals surface area contributed by atoms with Crippen LogP contribution in [0, 0.1) is 5.82 Å². The number of para-hydroxylation sites is 1. The number of aromatic carboxylic acids is 1. The van der Waals surface area contributed by atoms with Crippen molar-refractivity contribution in [1.29, 1.82) is 0 Å². The summed E-state index contributed by atoms with van der Waals surface area (Å²) in [7, 11) is 0. The Morgan fingerprint density at radius 3 is 2.82 bits per heavy atom. The topological polar surface area (TPSA) is 85.6 Å². The van der Waals surface area contributed by atoms with Crippen LogP contribution < -0.4 is 0 Å². The van der Waals surface area contributed by atoms with Crippen LogP contribution >= 0.6 is 15.9 Å². The van der Waals surface area contributed by atoms with Crippen LogP contribution in [0.4, 0.5) is 4.39 Å². The molecule has 1 N–H and O–H groups in total. The minimum absolute atomic E-state index is 0.0161. The van der Waals surface area contributed by atoms with Gasteiger partial charge >= 0.3 is 5.97 Å². The molecule has 0 fully saturated rings. The van der Waals surface area contributed by atoms with Crippen LogP contribution in [-0.4, -0.2) is 21.4 Å². The summed E-state index contributed by atoms with van der Waals surface area (Å²) in [5.41, 5.74) is 1.46. The van der Waals surface area contributed by atoms with Crippen molar-refractivity contribution in [2.75, 3.05) is 0 Å². The summed E-state index contributed by atoms with van der Waals surface area (Å²) in [4.78, 5) is 25.4. The molecule has 0 saturated carbocycles. The van der Waals surface area contributed by atoms with Crippen LogP contribution in [0.25, 0.3) is 38.4 Å². The summed E-state index contributed by atoms with van der Waals surface area (Å²) in [6.07, 6.45) is 6.51. The molecular formula is C26H15BrFNO5. The Hall–Kier alpha value is -3.91. The van der Waals surface area contributed by atoms with Crippen molar-refractivity contribution in [3.05, 3.63) is 88.2 Å². The number of furan rings is 2. The number of rotatable bonds is 4. The molecule has 168 valence electrons. The number of hydrogen-bond acceptors (Lipinski definition) is 4. The minimum atomic E-state index is -1.24. The zero-order valence-electron chi connectivity index (χ0n) is 17.5. The van der Waals surface area contributed by atoms with E-state index in [0.717, 1.165) is 9.86 Å². The zero-order valence-corrected chi connectivity index (χ0v) is 19.1. The highest BCUT2D eigenvalue weighted by molar-refractivity contribution is 9.10. The summed E-state index contributed by atoms with van der Waals surface area (Å²) < 4.78 is 28.8. The number of Topliss-reactive ketones (excluding diaryl/α,β-unsaturated/α-hetero) is 1. The van der Waals surface area contributed by atoms with E-state index in [2.05, 4.69) is 15.9 Å². The quantitative estimate of drug-likeness (QED) is 0.285. The van der Waals surface area contributed by atoms with E-state index in [4.69, 9.17) is 8.83 Å². The lowest BCUT2D eigenvalue weighted by molar-refractivity contribution is -0.113. The molecule has 1 aliphatic rings. The highest BCUT2D eigenvalue weighted by Gasteiger charge is 2.31. The van der Waals surface area contributed by atoms with Crippen LogP contribution in [0.15, 0.2) is 74.2 Å². The van der Waals surface area contributed by atoms with Crippen LogP contribution in [0.5, 0.6) is 0 Å². The zero-order chi connectivity index (χ0) is 23.6. The molecule has 3 aromatic heterocycles. The van der Waals surface area contributed by atoms with Crippen molar-refractivity contribution in [3.63, 3.8) is 0 Å². The summed E-state index contributed by atoms with van der Waals surface area (Å²) in [6.45, 7) is 0.0161. The van der Waals surface area contributed by atoms with Gasteiger partial charge in [0.2, 0.25) is 0 Å². The first-order valence-corrected chi connectivity index (χ1v) is 11.3. The fraction of sp³-hybridized carbons (Fsp3) is 0.0769. The van der Waals surface area contributed by atoms with Gasteiger partial charge in [0.05, 0.1) is 33.6 Å². The van der Waals surface area contributed by atoms with Gasteiger partial charge in [-0.25, -0.2) is 9.18 Å². The number of fused-ring (bicyclic) bond motifs is 4. The second-order valence-corrected chi connectivity index (χ2v) is 8.89. The molecule has 6 nitrogen and oxygen atoms in total. The van der Waals surface area contributed by atoms with E-state index < -0.39 is 11.8 Å². The second-order valence-electron chi connectivity index (χ2n) is 8.04. The molecule has 8 heteroatoms. The number of nitrogens with zero attached hydrogens (tertiary/aromatic N) is 1. The molecule has 1 aliphatic carbocycles. The molecule has 3 heterocycles. The van der Waals surface area contributed by atoms with E-state index in [1.807, 2.05) is 24.3 Å². The average Bonchev–Trinajstić information content (AvgIpc) is 3.51. The number of carbonyl (C=O) groups is 2. The van der Waals surface area contributed by atoms with Crippen molar-refractivity contribution in [2.45, 2.75) is 13.0 Å². The Balaban J connectivity index is 1.70. The molecule has 5 aromatic rings. The fourth-order valence-electron chi connectivity index (χ4n) is 4.63. The Morgan fingerprint density at radius 1 is 1.21 bits per heavy atom. The van der Waals surface area contributed by atoms with Gasteiger partial charge in [-0.15, -0.1) is 0 Å². The molecule has 34 heavy (non-hydrogen) atoms. The molecule has 2 aromatic carbocycles. The number of aromatic nitrogens is 1. The molecule has 6 rings (SSSR count). The van der Waals surface area contributed by atoms with Crippen LogP contribution in [0.3, 0.4) is 0 Å². The number of carboxylic acid groups (broad SMARTS) is 1. The fourth-order valence-corrected chi connectivity index (χ4v) is 5.10. The van der Waals surface area contributed by atoms with Gasteiger partial charge in [-0.3, -0.25) is 4.79 Å². The predicted octanol–water partition coefficient (Wildman–Crippen LogP) is 6.69. The van der Waals surface area contributed by atoms with E-state index in [0.29, 0.717) is 22.2 Å². The van der Waals surface area contributed by atoms with Crippen molar-refractivity contribution in [2.24, 2.45) is 0 Å². The van der Waals surface area contributed by atoms with Gasteiger partial charge in [0.25, 0.3) is 0 Å². The summed E-state index contributed by atoms with van der Waals surface area (Å²) in [6, 6.07) is 10.2. The van der Waals surface area contributed by atoms with Gasteiger partial charge < -0.3 is 18.5 Å². The van der Waals surface area contributed by atoms with Crippen molar-refractivity contribution in [1.82, 2.24) is 4.57 Å². The van der Waals surface area contributed by atoms with Gasteiger partial charge in [-0.05, 0) is 40.2 Å². The maximum absolute atomic E-state index is 15.0. The molecule has 0 spiro atoms. The number of benzene rings is 2. The molecular weight excluding hydrogens is 505 g/mol. The third-order valence-corrected chi connectivity index (χ3v) is 6.68. The van der Waals surface area contributed by atoms with E-state index in [-0.39, 0.29) is 46.5 Å². The minimum Gasteiger partial charge on any atom is -0.477 e. The highest BCUT2D eigenvalue weighted by Crippen LogP contribution is 2.40. The maximum atomic E-state index is 15.0. The lowest BCUT2D eigenvalue weighted by Crippen LogP contribution is -2.13. The standard InChI is InChI=1S/C26H15BrFNO5/c27-17-6-3-4-13-10-14(34-24(13)17)12-29-19-11-18(28)15-8-9-33-25(15)22(19)21(23(29)26(31)32)16-5-1-2-7-20(16)30/h1-6,8-11H,7,12H2,(H,31,32). The first-order valence-electron chi connectivity index (χ1n) is 10.5. The van der Waals surface area contributed by atoms with Crippen LogP contribution in [-0.2, 0) is 11.3 Å². The Morgan fingerprint density at radius 2 is 2.06 bits per heavy atom. The SMILES string of the molecule is O=C1CC=CC=C1c1c(C(=O)O)n(Cc2cc3cccc(Br)c3o2)c2cc(F)c3ccoc3c12. The van der Waals surface area contributed by atoms with Gasteiger partial charge in [0.1, 0.15) is 28.4 Å². The number of allylic oxidation sites excluding steroid dienone is 4. The lowest BCUT2D eigenvalue weighted by atomic mass is 9.93. The highest BCUT2D eigenvalue weighted by atomic mass is 79.9. The normalized spacial score (nSPS) is 13.9. The number of ketones is 1.